The van der Waals surface area contributed by atoms with Crippen molar-refractivity contribution in [1.29, 1.82) is 0 Å². The normalized spacial score (nSPS) is 12.9. The number of carbonyl (C=O) groups is 1. The van der Waals surface area contributed by atoms with Crippen molar-refractivity contribution in [2.75, 3.05) is 7.11 Å². The molecule has 0 bridgehead atoms. The summed E-state index contributed by atoms with van der Waals surface area (Å²) in [5.74, 6) is -1.38. The van der Waals surface area contributed by atoms with Crippen LogP contribution in [0.3, 0.4) is 0 Å². The lowest BCUT2D eigenvalue weighted by Gasteiger charge is -2.19. The van der Waals surface area contributed by atoms with Gasteiger partial charge in [-0.1, -0.05) is 431 Å². The number of carboxylic acid groups (broad SMARTS) is 1. The van der Waals surface area contributed by atoms with E-state index in [0.29, 0.717) is 18.9 Å². The maximum absolute atomic E-state index is 11.9. The van der Waals surface area contributed by atoms with Gasteiger partial charge in [-0.2, -0.15) is 0 Å². The van der Waals surface area contributed by atoms with Crippen LogP contribution < -0.4 is 0 Å². The third kappa shape index (κ3) is 66.5. The van der Waals surface area contributed by atoms with Gasteiger partial charge in [-0.05, 0) is 26.2 Å². The second-order valence-corrected chi connectivity index (χ2v) is 26.9. The molecule has 0 fully saturated rings. The Kier molecular flexibility index (Phi) is 70.3. The van der Waals surface area contributed by atoms with Gasteiger partial charge in [-0.3, -0.25) is 4.79 Å². The number of aliphatic carboxylic acids is 1. The molecular formula is C76H152O4. The summed E-state index contributed by atoms with van der Waals surface area (Å²) >= 11 is 0. The molecule has 3 unspecified atom stereocenters. The van der Waals surface area contributed by atoms with Crippen molar-refractivity contribution >= 4 is 5.97 Å². The fraction of sp³-hybridized carbons (Fsp3) is 0.987. The molecule has 0 aliphatic heterocycles. The maximum atomic E-state index is 11.9. The van der Waals surface area contributed by atoms with Crippen LogP contribution in [0.4, 0.5) is 0 Å². The monoisotopic (exact) mass is 1130 g/mol. The van der Waals surface area contributed by atoms with Crippen LogP contribution in [0.15, 0.2) is 0 Å². The van der Waals surface area contributed by atoms with Gasteiger partial charge in [-0.25, -0.2) is 0 Å². The second kappa shape index (κ2) is 70.9. The van der Waals surface area contributed by atoms with Crippen LogP contribution in [0.5, 0.6) is 0 Å². The summed E-state index contributed by atoms with van der Waals surface area (Å²) in [5.41, 5.74) is 0. The summed E-state index contributed by atoms with van der Waals surface area (Å²) < 4.78 is 5.34. The minimum atomic E-state index is -0.799. The Hall–Kier alpha value is -0.610. The van der Waals surface area contributed by atoms with E-state index in [1.165, 1.54) is 405 Å². The molecule has 0 aromatic carbocycles. The van der Waals surface area contributed by atoms with E-state index in [-0.39, 0.29) is 0 Å². The summed E-state index contributed by atoms with van der Waals surface area (Å²) in [4.78, 5) is 11.9. The average Bonchev–Trinajstić information content (AvgIpc) is 3.46. The van der Waals surface area contributed by atoms with E-state index < -0.39 is 18.0 Å². The molecule has 4 heteroatoms. The Morgan fingerprint density at radius 2 is 0.412 bits per heavy atom. The van der Waals surface area contributed by atoms with Gasteiger partial charge in [0.05, 0.1) is 18.1 Å². The second-order valence-electron chi connectivity index (χ2n) is 26.9. The molecule has 80 heavy (non-hydrogen) atoms. The molecule has 3 atom stereocenters. The molecule has 0 aromatic rings. The predicted octanol–water partition coefficient (Wildman–Crippen LogP) is 27.0. The van der Waals surface area contributed by atoms with Gasteiger partial charge in [-0.15, -0.1) is 0 Å². The van der Waals surface area contributed by atoms with Gasteiger partial charge >= 0.3 is 5.97 Å². The Balaban J connectivity index is 3.28. The Morgan fingerprint density at radius 1 is 0.263 bits per heavy atom. The first-order valence-corrected chi connectivity index (χ1v) is 38.0. The first-order chi connectivity index (χ1) is 39.5. The van der Waals surface area contributed by atoms with E-state index in [0.717, 1.165) is 25.7 Å². The highest BCUT2D eigenvalue weighted by atomic mass is 16.5. The maximum Gasteiger partial charge on any atom is 0.309 e. The zero-order chi connectivity index (χ0) is 57.8. The molecule has 0 amide bonds. The molecule has 0 radical (unpaired) electrons. The average molecular weight is 1130 g/mol. The van der Waals surface area contributed by atoms with E-state index in [2.05, 4.69) is 13.8 Å². The lowest BCUT2D eigenvalue weighted by atomic mass is 9.91. The number of ether oxygens (including phenoxy) is 1. The molecule has 0 aliphatic rings. The standard InChI is InChI=1S/C76H152O4/c1-4-5-6-7-8-9-10-11-12-13-14-44-47-50-53-56-59-62-65-68-71-74(76(78)79)75(77)72-69-66-63-60-57-54-51-48-45-42-40-38-36-34-32-30-28-26-24-22-20-18-16-15-17-19-21-23-25-27-29-31-33-35-37-39-41-43-46-49-52-55-58-61-64-67-70-73(2)80-3/h73-75,77H,4-72H2,1-3H3,(H,78,79). The van der Waals surface area contributed by atoms with Crippen molar-refractivity contribution in [2.45, 2.75) is 469 Å². The SMILES string of the molecule is CCCCCCCCCCCCCCCCCCCCCCC(C(=O)O)C(O)CCCCCCCCCCCCCCCCCCCCCCCCCCCCCCCCCCCCCCCCCCCCCCCCC(C)OC. The van der Waals surface area contributed by atoms with Crippen LogP contribution in [-0.2, 0) is 9.53 Å². The fourth-order valence-electron chi connectivity index (χ4n) is 13.0. The van der Waals surface area contributed by atoms with Gasteiger partial charge in [0, 0.05) is 7.11 Å². The molecule has 480 valence electrons. The molecule has 0 spiro atoms. The summed E-state index contributed by atoms with van der Waals surface area (Å²) in [5, 5.41) is 20.5. The minimum absolute atomic E-state index is 0.440. The number of hydrogen-bond donors (Lipinski definition) is 2. The van der Waals surface area contributed by atoms with Crippen molar-refractivity contribution in [1.82, 2.24) is 0 Å². The number of aliphatic hydroxyl groups is 1. The largest absolute Gasteiger partial charge is 0.481 e. The molecule has 0 saturated carbocycles. The number of methoxy groups -OCH3 is 1. The van der Waals surface area contributed by atoms with Crippen molar-refractivity contribution in [3.63, 3.8) is 0 Å². The van der Waals surface area contributed by atoms with Crippen LogP contribution in [-0.4, -0.2) is 35.5 Å². The van der Waals surface area contributed by atoms with Crippen LogP contribution in [0, 0.1) is 5.92 Å². The topological polar surface area (TPSA) is 66.8 Å². The zero-order valence-electron chi connectivity index (χ0n) is 55.7. The first kappa shape index (κ1) is 79.4. The highest BCUT2D eigenvalue weighted by Crippen LogP contribution is 2.23. The summed E-state index contributed by atoms with van der Waals surface area (Å²) in [6.07, 6.45) is 95.0. The molecule has 0 saturated heterocycles. The van der Waals surface area contributed by atoms with Crippen LogP contribution in [0.25, 0.3) is 0 Å². The van der Waals surface area contributed by atoms with Crippen molar-refractivity contribution in [2.24, 2.45) is 5.92 Å². The smallest absolute Gasteiger partial charge is 0.309 e. The quantitative estimate of drug-likeness (QED) is 0.0596. The third-order valence-corrected chi connectivity index (χ3v) is 18.9. The van der Waals surface area contributed by atoms with Gasteiger partial charge < -0.3 is 14.9 Å². The lowest BCUT2D eigenvalue weighted by Crippen LogP contribution is -2.28. The fourth-order valence-corrected chi connectivity index (χ4v) is 13.0. The van der Waals surface area contributed by atoms with Gasteiger partial charge in [0.15, 0.2) is 0 Å². The molecule has 4 nitrogen and oxygen atoms in total. The zero-order valence-corrected chi connectivity index (χ0v) is 55.7. The molecule has 2 N–H and O–H groups in total. The van der Waals surface area contributed by atoms with E-state index >= 15 is 0 Å². The van der Waals surface area contributed by atoms with E-state index in [4.69, 9.17) is 4.74 Å². The number of rotatable bonds is 73. The molecule has 0 heterocycles. The highest BCUT2D eigenvalue weighted by Gasteiger charge is 2.25. The molecular weight excluding hydrogens is 977 g/mol. The van der Waals surface area contributed by atoms with Crippen molar-refractivity contribution in [3.05, 3.63) is 0 Å². The van der Waals surface area contributed by atoms with Gasteiger partial charge in [0.2, 0.25) is 0 Å². The Bertz CT molecular complexity index is 1110. The first-order valence-electron chi connectivity index (χ1n) is 38.0. The number of hydrogen-bond acceptors (Lipinski definition) is 3. The van der Waals surface area contributed by atoms with E-state index in [1.54, 1.807) is 0 Å². The van der Waals surface area contributed by atoms with Gasteiger partial charge in [0.1, 0.15) is 0 Å². The van der Waals surface area contributed by atoms with Gasteiger partial charge in [0.25, 0.3) is 0 Å². The van der Waals surface area contributed by atoms with Crippen LogP contribution in [0.1, 0.15) is 457 Å². The lowest BCUT2D eigenvalue weighted by molar-refractivity contribution is -0.146. The van der Waals surface area contributed by atoms with Crippen LogP contribution >= 0.6 is 0 Å². The summed E-state index contributed by atoms with van der Waals surface area (Å²) in [6.45, 7) is 4.48. The molecule has 0 aliphatic carbocycles. The van der Waals surface area contributed by atoms with E-state index in [9.17, 15) is 15.0 Å². The highest BCUT2D eigenvalue weighted by molar-refractivity contribution is 5.70. The molecule has 0 aromatic heterocycles. The molecule has 0 rings (SSSR count). The third-order valence-electron chi connectivity index (χ3n) is 18.9. The van der Waals surface area contributed by atoms with Crippen LogP contribution in [0.2, 0.25) is 0 Å². The minimum Gasteiger partial charge on any atom is -0.481 e. The Morgan fingerprint density at radius 3 is 0.575 bits per heavy atom. The number of unbranched alkanes of at least 4 members (excludes halogenated alkanes) is 64. The Labute approximate surface area is 505 Å². The summed E-state index contributed by atoms with van der Waals surface area (Å²) in [7, 11) is 1.83. The van der Waals surface area contributed by atoms with Crippen molar-refractivity contribution in [3.8, 4) is 0 Å². The number of carboxylic acids is 1. The van der Waals surface area contributed by atoms with Crippen molar-refractivity contribution < 1.29 is 19.7 Å². The summed E-state index contributed by atoms with van der Waals surface area (Å²) in [6, 6.07) is 0. The number of aliphatic hydroxyl groups excluding tert-OH is 1. The predicted molar refractivity (Wildman–Crippen MR) is 358 cm³/mol. The van der Waals surface area contributed by atoms with E-state index in [1.807, 2.05) is 7.11 Å².